The van der Waals surface area contributed by atoms with Gasteiger partial charge in [-0.2, -0.15) is 4.98 Å². The summed E-state index contributed by atoms with van der Waals surface area (Å²) < 4.78 is 0. The SMILES string of the molecule is CC1CCN(c2n[nH]c(C3CCCC3(C)C)n2)CC1N. The van der Waals surface area contributed by atoms with Crippen LogP contribution < -0.4 is 10.6 Å². The van der Waals surface area contributed by atoms with Crippen molar-refractivity contribution in [3.63, 3.8) is 0 Å². The predicted octanol–water partition coefficient (Wildman–Crippen LogP) is 2.27. The summed E-state index contributed by atoms with van der Waals surface area (Å²) in [6.07, 6.45) is 4.91. The monoisotopic (exact) mass is 277 g/mol. The van der Waals surface area contributed by atoms with Gasteiger partial charge in [0.2, 0.25) is 5.95 Å². The van der Waals surface area contributed by atoms with Crippen molar-refractivity contribution >= 4 is 5.95 Å². The van der Waals surface area contributed by atoms with Crippen LogP contribution in [0.5, 0.6) is 0 Å². The summed E-state index contributed by atoms with van der Waals surface area (Å²) in [6, 6.07) is 0.230. The first-order valence-corrected chi connectivity index (χ1v) is 7.90. The average Bonchev–Trinajstić information content (AvgIpc) is 2.98. The molecule has 1 aromatic rings. The highest BCUT2D eigenvalue weighted by atomic mass is 15.4. The zero-order valence-electron chi connectivity index (χ0n) is 12.9. The second-order valence-electron chi connectivity index (χ2n) is 7.33. The molecule has 1 aliphatic carbocycles. The van der Waals surface area contributed by atoms with Gasteiger partial charge in [-0.3, -0.25) is 5.10 Å². The average molecular weight is 277 g/mol. The van der Waals surface area contributed by atoms with Crippen LogP contribution in [0.25, 0.3) is 0 Å². The predicted molar refractivity (Wildman–Crippen MR) is 80.7 cm³/mol. The third kappa shape index (κ3) is 2.43. The van der Waals surface area contributed by atoms with Crippen molar-refractivity contribution in [1.29, 1.82) is 0 Å². The van der Waals surface area contributed by atoms with Gasteiger partial charge in [0.1, 0.15) is 5.82 Å². The van der Waals surface area contributed by atoms with Crippen molar-refractivity contribution in [1.82, 2.24) is 15.2 Å². The number of nitrogens with zero attached hydrogens (tertiary/aromatic N) is 3. The first kappa shape index (κ1) is 13.9. The van der Waals surface area contributed by atoms with Gasteiger partial charge >= 0.3 is 0 Å². The number of hydrogen-bond donors (Lipinski definition) is 2. The molecule has 112 valence electrons. The molecular weight excluding hydrogens is 250 g/mol. The van der Waals surface area contributed by atoms with Crippen molar-refractivity contribution in [2.24, 2.45) is 17.1 Å². The molecule has 1 aromatic heterocycles. The molecule has 3 rings (SSSR count). The zero-order valence-corrected chi connectivity index (χ0v) is 12.9. The summed E-state index contributed by atoms with van der Waals surface area (Å²) in [5.74, 6) is 3.01. The maximum absolute atomic E-state index is 6.17. The smallest absolute Gasteiger partial charge is 0.244 e. The Kier molecular flexibility index (Phi) is 3.48. The van der Waals surface area contributed by atoms with Gasteiger partial charge in [-0.15, -0.1) is 5.10 Å². The van der Waals surface area contributed by atoms with E-state index in [0.717, 1.165) is 31.3 Å². The Morgan fingerprint density at radius 3 is 2.80 bits per heavy atom. The normalized spacial score (nSPS) is 33.6. The van der Waals surface area contributed by atoms with Crippen LogP contribution in [-0.4, -0.2) is 34.3 Å². The van der Waals surface area contributed by atoms with Crippen molar-refractivity contribution in [2.45, 2.75) is 58.4 Å². The van der Waals surface area contributed by atoms with Crippen LogP contribution in [0.4, 0.5) is 5.95 Å². The summed E-state index contributed by atoms with van der Waals surface area (Å²) in [7, 11) is 0. The van der Waals surface area contributed by atoms with Gasteiger partial charge in [0.25, 0.3) is 0 Å². The summed E-state index contributed by atoms with van der Waals surface area (Å²) in [5.41, 5.74) is 6.51. The number of nitrogens with one attached hydrogen (secondary N) is 1. The quantitative estimate of drug-likeness (QED) is 0.870. The number of aromatic nitrogens is 3. The fourth-order valence-electron chi connectivity index (χ4n) is 3.68. The van der Waals surface area contributed by atoms with Crippen molar-refractivity contribution < 1.29 is 0 Å². The second kappa shape index (κ2) is 5.02. The van der Waals surface area contributed by atoms with E-state index >= 15 is 0 Å². The van der Waals surface area contributed by atoms with Gasteiger partial charge in [0, 0.05) is 25.0 Å². The lowest BCUT2D eigenvalue weighted by molar-refractivity contribution is 0.322. The van der Waals surface area contributed by atoms with E-state index in [1.165, 1.54) is 19.3 Å². The largest absolute Gasteiger partial charge is 0.338 e. The topological polar surface area (TPSA) is 70.8 Å². The molecule has 0 amide bonds. The second-order valence-corrected chi connectivity index (χ2v) is 7.33. The Bertz CT molecular complexity index is 467. The highest BCUT2D eigenvalue weighted by Gasteiger charge is 2.38. The van der Waals surface area contributed by atoms with Crippen LogP contribution in [0, 0.1) is 11.3 Å². The Morgan fingerprint density at radius 1 is 1.35 bits per heavy atom. The lowest BCUT2D eigenvalue weighted by atomic mass is 9.81. The molecule has 1 aliphatic heterocycles. The molecule has 2 aliphatic rings. The minimum Gasteiger partial charge on any atom is -0.338 e. The van der Waals surface area contributed by atoms with E-state index < -0.39 is 0 Å². The molecule has 0 radical (unpaired) electrons. The van der Waals surface area contributed by atoms with Crippen LogP contribution in [0.1, 0.15) is 58.2 Å². The molecule has 3 unspecified atom stereocenters. The summed E-state index contributed by atoms with van der Waals surface area (Å²) in [4.78, 5) is 7.00. The van der Waals surface area contributed by atoms with E-state index in [4.69, 9.17) is 10.7 Å². The van der Waals surface area contributed by atoms with Crippen molar-refractivity contribution in [3.8, 4) is 0 Å². The van der Waals surface area contributed by atoms with Crippen LogP contribution in [0.15, 0.2) is 0 Å². The number of rotatable bonds is 2. The third-order valence-electron chi connectivity index (χ3n) is 5.38. The number of nitrogens with two attached hydrogens (primary N) is 1. The molecule has 0 spiro atoms. The highest BCUT2D eigenvalue weighted by molar-refractivity contribution is 5.31. The van der Waals surface area contributed by atoms with Crippen molar-refractivity contribution in [3.05, 3.63) is 5.82 Å². The van der Waals surface area contributed by atoms with Gasteiger partial charge in [0.05, 0.1) is 0 Å². The Labute approximate surface area is 121 Å². The molecule has 5 nitrogen and oxygen atoms in total. The molecule has 0 aromatic carbocycles. The molecule has 5 heteroatoms. The molecule has 0 bridgehead atoms. The van der Waals surface area contributed by atoms with E-state index in [0.29, 0.717) is 17.3 Å². The molecule has 3 atom stereocenters. The summed E-state index contributed by atoms with van der Waals surface area (Å²) >= 11 is 0. The van der Waals surface area contributed by atoms with Gasteiger partial charge < -0.3 is 10.6 Å². The van der Waals surface area contributed by atoms with Crippen LogP contribution in [-0.2, 0) is 0 Å². The maximum atomic E-state index is 6.17. The molecule has 3 N–H and O–H groups in total. The standard InChI is InChI=1S/C15H27N5/c1-10-6-8-20(9-12(10)16)14-17-13(18-19-14)11-5-4-7-15(11,2)3/h10-12H,4-9,16H2,1-3H3,(H,17,18,19). The fraction of sp³-hybridized carbons (Fsp3) is 0.867. The Hall–Kier alpha value is -1.10. The first-order valence-electron chi connectivity index (χ1n) is 7.90. The Balaban J connectivity index is 1.74. The summed E-state index contributed by atoms with van der Waals surface area (Å²) in [6.45, 7) is 8.79. The number of H-pyrrole nitrogens is 1. The molecule has 1 saturated heterocycles. The van der Waals surface area contributed by atoms with E-state index in [9.17, 15) is 0 Å². The lowest BCUT2D eigenvalue weighted by Crippen LogP contribution is -2.48. The van der Waals surface area contributed by atoms with Crippen LogP contribution in [0.2, 0.25) is 0 Å². The van der Waals surface area contributed by atoms with E-state index in [-0.39, 0.29) is 6.04 Å². The van der Waals surface area contributed by atoms with Gasteiger partial charge in [-0.05, 0) is 30.6 Å². The molecule has 2 fully saturated rings. The highest BCUT2D eigenvalue weighted by Crippen LogP contribution is 2.47. The van der Waals surface area contributed by atoms with E-state index in [1.54, 1.807) is 0 Å². The Morgan fingerprint density at radius 2 is 2.15 bits per heavy atom. The van der Waals surface area contributed by atoms with Crippen molar-refractivity contribution in [2.75, 3.05) is 18.0 Å². The molecular formula is C15H27N5. The van der Waals surface area contributed by atoms with Crippen LogP contribution in [0.3, 0.4) is 0 Å². The molecule has 2 heterocycles. The first-order chi connectivity index (χ1) is 9.47. The number of aromatic amines is 1. The van der Waals surface area contributed by atoms with Gasteiger partial charge in [-0.25, -0.2) is 0 Å². The van der Waals surface area contributed by atoms with Crippen LogP contribution >= 0.6 is 0 Å². The minimum absolute atomic E-state index is 0.230. The van der Waals surface area contributed by atoms with Gasteiger partial charge in [-0.1, -0.05) is 27.2 Å². The molecule has 20 heavy (non-hydrogen) atoms. The third-order valence-corrected chi connectivity index (χ3v) is 5.38. The summed E-state index contributed by atoms with van der Waals surface area (Å²) in [5, 5.41) is 7.63. The number of piperidine rings is 1. The fourth-order valence-corrected chi connectivity index (χ4v) is 3.68. The maximum Gasteiger partial charge on any atom is 0.244 e. The number of anilines is 1. The minimum atomic E-state index is 0.230. The zero-order chi connectivity index (χ0) is 14.3. The number of hydrogen-bond acceptors (Lipinski definition) is 4. The van der Waals surface area contributed by atoms with E-state index in [1.807, 2.05) is 0 Å². The van der Waals surface area contributed by atoms with E-state index in [2.05, 4.69) is 35.9 Å². The molecule has 1 saturated carbocycles. The lowest BCUT2D eigenvalue weighted by Gasteiger charge is -2.34. The van der Waals surface area contributed by atoms with Gasteiger partial charge in [0.15, 0.2) is 0 Å².